The zero-order chi connectivity index (χ0) is 29.4. The lowest BCUT2D eigenvalue weighted by Gasteiger charge is -2.30. The van der Waals surface area contributed by atoms with Crippen molar-refractivity contribution in [3.63, 3.8) is 0 Å². The van der Waals surface area contributed by atoms with Crippen LogP contribution in [0.3, 0.4) is 0 Å². The number of anilines is 1. The van der Waals surface area contributed by atoms with Gasteiger partial charge in [0.25, 0.3) is 5.91 Å². The topological polar surface area (TPSA) is 105 Å². The fourth-order valence-corrected chi connectivity index (χ4v) is 4.27. The van der Waals surface area contributed by atoms with Crippen LogP contribution in [0.1, 0.15) is 61.6 Å². The Morgan fingerprint density at radius 3 is 2.48 bits per heavy atom. The molecule has 2 aromatic rings. The number of hydrogen-bond donors (Lipinski definition) is 2. The van der Waals surface area contributed by atoms with Gasteiger partial charge in [-0.15, -0.1) is 0 Å². The first-order valence-corrected chi connectivity index (χ1v) is 13.5. The van der Waals surface area contributed by atoms with Crippen LogP contribution >= 0.6 is 12.6 Å². The van der Waals surface area contributed by atoms with E-state index in [1.807, 2.05) is 30.3 Å². The Bertz CT molecular complexity index is 1310. The Morgan fingerprint density at radius 1 is 1.12 bits per heavy atom. The van der Waals surface area contributed by atoms with Gasteiger partial charge in [0.1, 0.15) is 12.1 Å². The highest BCUT2D eigenvalue weighted by atomic mass is 32.1. The molecule has 0 aliphatic carbocycles. The van der Waals surface area contributed by atoms with Crippen molar-refractivity contribution in [3.8, 4) is 11.8 Å². The predicted molar refractivity (Wildman–Crippen MR) is 155 cm³/mol. The molecule has 0 fully saturated rings. The van der Waals surface area contributed by atoms with Crippen LogP contribution < -0.4 is 10.2 Å². The molecule has 2 aromatic carbocycles. The smallest absolute Gasteiger partial charge is 0.407 e. The lowest BCUT2D eigenvalue weighted by molar-refractivity contribution is -0.144. The molecule has 0 spiro atoms. The molecule has 3 amide bonds. The Morgan fingerprint density at radius 2 is 1.82 bits per heavy atom. The summed E-state index contributed by atoms with van der Waals surface area (Å²) in [6.07, 6.45) is -0.658. The van der Waals surface area contributed by atoms with Gasteiger partial charge >= 0.3 is 12.1 Å². The summed E-state index contributed by atoms with van der Waals surface area (Å²) in [5, 5.41) is 2.14. The number of ether oxygens (including phenoxy) is 2. The van der Waals surface area contributed by atoms with E-state index in [1.54, 1.807) is 52.9 Å². The molecule has 0 saturated heterocycles. The molecule has 9 nitrogen and oxygen atoms in total. The van der Waals surface area contributed by atoms with Gasteiger partial charge < -0.3 is 24.6 Å². The number of thiol groups is 1. The summed E-state index contributed by atoms with van der Waals surface area (Å²) in [6.45, 7) is 7.19. The van der Waals surface area contributed by atoms with Gasteiger partial charge in [-0.3, -0.25) is 14.4 Å². The van der Waals surface area contributed by atoms with E-state index < -0.39 is 34.9 Å². The number of likely N-dealkylation sites (N-methyl/N-ethyl adjacent to an activating group) is 1. The van der Waals surface area contributed by atoms with Crippen molar-refractivity contribution in [1.82, 2.24) is 10.2 Å². The molecular weight excluding hydrogens is 530 g/mol. The summed E-state index contributed by atoms with van der Waals surface area (Å²) < 4.78 is 10.4. The molecule has 1 aliphatic rings. The first kappa shape index (κ1) is 30.6. The Balaban J connectivity index is 1.89. The summed E-state index contributed by atoms with van der Waals surface area (Å²) in [6, 6.07) is 13.4. The van der Waals surface area contributed by atoms with Crippen molar-refractivity contribution < 1.29 is 28.7 Å². The molecule has 1 N–H and O–H groups in total. The molecule has 1 heterocycles. The zero-order valence-corrected chi connectivity index (χ0v) is 24.3. The van der Waals surface area contributed by atoms with E-state index in [0.717, 1.165) is 0 Å². The first-order chi connectivity index (χ1) is 18.9. The fourth-order valence-electron chi connectivity index (χ4n) is 4.11. The summed E-state index contributed by atoms with van der Waals surface area (Å²) >= 11 is 4.42. The standard InChI is InChI=1S/C30H35N3O6S/c1-6-38-27(35)17-25(21-10-8-7-9-11-21)33-19-26(34)32(5)24-15-13-20(16-23(24)28(33)36)12-14-22(40)18-31-29(37)39-30(2,3)4/h7-11,13,15-16,22,25,40H,6,17-19H2,1-5H3,(H,31,37). The number of amides is 3. The van der Waals surface area contributed by atoms with Crippen molar-refractivity contribution in [1.29, 1.82) is 0 Å². The van der Waals surface area contributed by atoms with E-state index in [4.69, 9.17) is 9.47 Å². The predicted octanol–water partition coefficient (Wildman–Crippen LogP) is 3.97. The molecule has 2 atom stereocenters. The van der Waals surface area contributed by atoms with Gasteiger partial charge in [-0.05, 0) is 51.5 Å². The molecule has 0 bridgehead atoms. The second-order valence-corrected chi connectivity index (χ2v) is 10.8. The van der Waals surface area contributed by atoms with Gasteiger partial charge in [0, 0.05) is 19.2 Å². The third-order valence-corrected chi connectivity index (χ3v) is 6.29. The summed E-state index contributed by atoms with van der Waals surface area (Å²) in [5.41, 5.74) is 1.36. The molecule has 2 unspecified atom stereocenters. The Hall–Kier alpha value is -3.97. The second kappa shape index (κ2) is 13.4. The van der Waals surface area contributed by atoms with Crippen molar-refractivity contribution in [2.75, 3.05) is 31.6 Å². The monoisotopic (exact) mass is 565 g/mol. The van der Waals surface area contributed by atoms with Crippen molar-refractivity contribution in [2.24, 2.45) is 0 Å². The van der Waals surface area contributed by atoms with E-state index in [0.29, 0.717) is 16.8 Å². The van der Waals surface area contributed by atoms with Crippen LogP contribution in [0.5, 0.6) is 0 Å². The summed E-state index contributed by atoms with van der Waals surface area (Å²) in [7, 11) is 1.61. The van der Waals surface area contributed by atoms with E-state index in [2.05, 4.69) is 29.8 Å². The normalized spacial score (nSPS) is 14.8. The quantitative estimate of drug-likeness (QED) is 0.299. The highest BCUT2D eigenvalue weighted by molar-refractivity contribution is 7.81. The SMILES string of the molecule is CCOC(=O)CC(c1ccccc1)N1CC(=O)N(C)c2ccc(C#CC(S)CNC(=O)OC(C)(C)C)cc2C1=O. The van der Waals surface area contributed by atoms with Gasteiger partial charge in [-0.2, -0.15) is 12.6 Å². The maximum Gasteiger partial charge on any atom is 0.407 e. The number of fused-ring (bicyclic) bond motifs is 1. The average Bonchev–Trinajstić information content (AvgIpc) is 2.99. The van der Waals surface area contributed by atoms with E-state index >= 15 is 0 Å². The molecule has 0 aromatic heterocycles. The van der Waals surface area contributed by atoms with Gasteiger partial charge in [0.2, 0.25) is 5.91 Å². The van der Waals surface area contributed by atoms with Gasteiger partial charge in [0.05, 0.1) is 35.6 Å². The maximum absolute atomic E-state index is 13.9. The maximum atomic E-state index is 13.9. The van der Waals surface area contributed by atoms with Crippen molar-refractivity contribution in [2.45, 2.75) is 51.0 Å². The van der Waals surface area contributed by atoms with Gasteiger partial charge in [-0.25, -0.2) is 4.79 Å². The second-order valence-electron chi connectivity index (χ2n) is 10.2. The minimum Gasteiger partial charge on any atom is -0.466 e. The molecule has 3 rings (SSSR count). The van der Waals surface area contributed by atoms with Crippen LogP contribution in [0, 0.1) is 11.8 Å². The van der Waals surface area contributed by atoms with Gasteiger partial charge in [-0.1, -0.05) is 42.2 Å². The molecule has 40 heavy (non-hydrogen) atoms. The molecule has 10 heteroatoms. The van der Waals surface area contributed by atoms with Crippen molar-refractivity contribution >= 4 is 42.2 Å². The number of hydrogen-bond acceptors (Lipinski definition) is 7. The molecule has 1 aliphatic heterocycles. The number of alkyl carbamates (subject to hydrolysis) is 1. The molecular formula is C30H35N3O6S. The van der Waals surface area contributed by atoms with E-state index in [-0.39, 0.29) is 37.6 Å². The number of carbonyl (C=O) groups is 4. The molecule has 0 radical (unpaired) electrons. The number of esters is 1. The van der Waals surface area contributed by atoms with Crippen LogP contribution in [0.4, 0.5) is 10.5 Å². The average molecular weight is 566 g/mol. The largest absolute Gasteiger partial charge is 0.466 e. The minimum absolute atomic E-state index is 0.0958. The number of rotatable bonds is 7. The minimum atomic E-state index is -0.702. The molecule has 0 saturated carbocycles. The number of carbonyl (C=O) groups excluding carboxylic acids is 4. The third kappa shape index (κ3) is 8.26. The summed E-state index contributed by atoms with van der Waals surface area (Å²) in [4.78, 5) is 54.3. The highest BCUT2D eigenvalue weighted by Crippen LogP contribution is 2.32. The third-order valence-electron chi connectivity index (χ3n) is 5.98. The fraction of sp³-hybridized carbons (Fsp3) is 0.400. The number of benzene rings is 2. The zero-order valence-electron chi connectivity index (χ0n) is 23.4. The Labute approximate surface area is 240 Å². The van der Waals surface area contributed by atoms with E-state index in [9.17, 15) is 19.2 Å². The first-order valence-electron chi connectivity index (χ1n) is 13.0. The van der Waals surface area contributed by atoms with Crippen LogP contribution in [0.15, 0.2) is 48.5 Å². The van der Waals surface area contributed by atoms with Crippen LogP contribution in [-0.4, -0.2) is 66.4 Å². The lowest BCUT2D eigenvalue weighted by atomic mass is 10.00. The number of nitrogens with one attached hydrogen (secondary N) is 1. The lowest BCUT2D eigenvalue weighted by Crippen LogP contribution is -2.41. The molecule has 212 valence electrons. The number of nitrogens with zero attached hydrogens (tertiary/aromatic N) is 2. The highest BCUT2D eigenvalue weighted by Gasteiger charge is 2.36. The Kier molecular flexibility index (Phi) is 10.2. The van der Waals surface area contributed by atoms with Crippen LogP contribution in [0.2, 0.25) is 0 Å². The van der Waals surface area contributed by atoms with Crippen LogP contribution in [0.25, 0.3) is 0 Å². The van der Waals surface area contributed by atoms with Crippen molar-refractivity contribution in [3.05, 3.63) is 65.2 Å². The van der Waals surface area contributed by atoms with Gasteiger partial charge in [0.15, 0.2) is 0 Å². The van der Waals surface area contributed by atoms with E-state index in [1.165, 1.54) is 9.80 Å². The summed E-state index contributed by atoms with van der Waals surface area (Å²) in [5.74, 6) is 4.79. The van der Waals surface area contributed by atoms with Crippen LogP contribution in [-0.2, 0) is 19.1 Å².